The molecule has 0 radical (unpaired) electrons. The molecule has 1 aliphatic carbocycles. The maximum absolute atomic E-state index is 12.8. The number of amides is 1. The molecular weight excluding hydrogens is 354 g/mol. The highest BCUT2D eigenvalue weighted by molar-refractivity contribution is 7.15. The lowest BCUT2D eigenvalue weighted by atomic mass is 10.2. The van der Waals surface area contributed by atoms with Crippen LogP contribution >= 0.6 is 22.7 Å². The number of likely N-dealkylation sites (tertiary alicyclic amines) is 1. The van der Waals surface area contributed by atoms with Gasteiger partial charge in [-0.3, -0.25) is 4.79 Å². The van der Waals surface area contributed by atoms with Gasteiger partial charge < -0.3 is 4.90 Å². The van der Waals surface area contributed by atoms with E-state index >= 15 is 0 Å². The first-order chi connectivity index (χ1) is 12.3. The number of aromatic nitrogens is 4. The highest BCUT2D eigenvalue weighted by atomic mass is 32.1. The number of thiazole rings is 1. The Bertz CT molecular complexity index is 896. The molecule has 1 saturated heterocycles. The Morgan fingerprint density at radius 3 is 2.96 bits per heavy atom. The molecule has 25 heavy (non-hydrogen) atoms. The van der Waals surface area contributed by atoms with Crippen LogP contribution in [0.4, 0.5) is 0 Å². The summed E-state index contributed by atoms with van der Waals surface area (Å²) < 4.78 is 1.94. The summed E-state index contributed by atoms with van der Waals surface area (Å²) in [5, 5.41) is 13.1. The molecule has 2 aliphatic rings. The summed E-state index contributed by atoms with van der Waals surface area (Å²) >= 11 is 3.07. The maximum atomic E-state index is 12.8. The zero-order valence-electron chi connectivity index (χ0n) is 13.5. The third-order valence-electron chi connectivity index (χ3n) is 4.81. The third kappa shape index (κ3) is 2.89. The number of carbonyl (C=O) groups is 1. The van der Waals surface area contributed by atoms with Crippen molar-refractivity contribution in [3.63, 3.8) is 0 Å². The molecule has 0 bridgehead atoms. The second kappa shape index (κ2) is 6.03. The van der Waals surface area contributed by atoms with Gasteiger partial charge >= 0.3 is 0 Å². The van der Waals surface area contributed by atoms with Crippen molar-refractivity contribution in [2.24, 2.45) is 0 Å². The van der Waals surface area contributed by atoms with E-state index in [2.05, 4.69) is 21.5 Å². The molecule has 6 nitrogen and oxygen atoms in total. The fourth-order valence-electron chi connectivity index (χ4n) is 3.22. The Labute approximate surface area is 153 Å². The van der Waals surface area contributed by atoms with E-state index in [1.165, 1.54) is 24.2 Å². The molecule has 1 atom stereocenters. The van der Waals surface area contributed by atoms with E-state index in [0.29, 0.717) is 17.5 Å². The second-order valence-corrected chi connectivity index (χ2v) is 8.41. The lowest BCUT2D eigenvalue weighted by Crippen LogP contribution is -2.29. The topological polar surface area (TPSA) is 63.9 Å². The second-order valence-electron chi connectivity index (χ2n) is 6.61. The van der Waals surface area contributed by atoms with Crippen molar-refractivity contribution < 1.29 is 4.79 Å². The quantitative estimate of drug-likeness (QED) is 0.705. The van der Waals surface area contributed by atoms with Crippen molar-refractivity contribution in [2.75, 3.05) is 13.1 Å². The average molecular weight is 371 g/mol. The number of carbonyl (C=O) groups excluding carboxylic acids is 1. The van der Waals surface area contributed by atoms with E-state index in [4.69, 9.17) is 0 Å². The Hall–Kier alpha value is -2.06. The van der Waals surface area contributed by atoms with Gasteiger partial charge in [-0.1, -0.05) is 11.3 Å². The molecule has 5 rings (SSSR count). The first kappa shape index (κ1) is 15.2. The van der Waals surface area contributed by atoms with E-state index in [1.54, 1.807) is 11.3 Å². The standard InChI is InChI=1S/C17H17N5OS2/c23-17(16-18-14(10-25-16)15-2-1-7-24-15)21-6-5-12(8-21)22-9-13(19-20-22)11-3-4-11/h1-2,7,9-12H,3-6,8H2. The molecule has 0 aromatic carbocycles. The van der Waals surface area contributed by atoms with Crippen molar-refractivity contribution in [1.82, 2.24) is 24.9 Å². The molecule has 0 spiro atoms. The Kier molecular flexibility index (Phi) is 3.67. The summed E-state index contributed by atoms with van der Waals surface area (Å²) in [6.07, 6.45) is 5.44. The molecular formula is C17H17N5OS2. The van der Waals surface area contributed by atoms with Gasteiger partial charge in [0.25, 0.3) is 5.91 Å². The summed E-state index contributed by atoms with van der Waals surface area (Å²) in [6, 6.07) is 4.25. The predicted molar refractivity (Wildman–Crippen MR) is 97.0 cm³/mol. The minimum absolute atomic E-state index is 0.0258. The van der Waals surface area contributed by atoms with E-state index in [0.717, 1.165) is 29.2 Å². The van der Waals surface area contributed by atoms with Gasteiger partial charge in [0.2, 0.25) is 0 Å². The summed E-state index contributed by atoms with van der Waals surface area (Å²) in [7, 11) is 0. The first-order valence-corrected chi connectivity index (χ1v) is 10.2. The fourth-order valence-corrected chi connectivity index (χ4v) is 4.77. The van der Waals surface area contributed by atoms with Crippen LogP contribution in [-0.2, 0) is 0 Å². The molecule has 2 fully saturated rings. The zero-order chi connectivity index (χ0) is 16.8. The van der Waals surface area contributed by atoms with Crippen LogP contribution in [0.2, 0.25) is 0 Å². The van der Waals surface area contributed by atoms with Crippen molar-refractivity contribution >= 4 is 28.6 Å². The molecule has 128 valence electrons. The number of hydrogen-bond donors (Lipinski definition) is 0. The van der Waals surface area contributed by atoms with Crippen LogP contribution in [0.3, 0.4) is 0 Å². The van der Waals surface area contributed by atoms with Crippen LogP contribution in [0.15, 0.2) is 29.1 Å². The molecule has 4 heterocycles. The van der Waals surface area contributed by atoms with Crippen LogP contribution in [0.5, 0.6) is 0 Å². The normalized spacial score (nSPS) is 20.3. The fraction of sp³-hybridized carbons (Fsp3) is 0.412. The van der Waals surface area contributed by atoms with Crippen LogP contribution < -0.4 is 0 Å². The summed E-state index contributed by atoms with van der Waals surface area (Å²) in [4.78, 5) is 20.3. The molecule has 1 saturated carbocycles. The van der Waals surface area contributed by atoms with Crippen molar-refractivity contribution in [3.05, 3.63) is 39.8 Å². The van der Waals surface area contributed by atoms with Gasteiger partial charge in [0.15, 0.2) is 5.01 Å². The van der Waals surface area contributed by atoms with Gasteiger partial charge in [-0.15, -0.1) is 27.8 Å². The molecule has 1 unspecified atom stereocenters. The Morgan fingerprint density at radius 2 is 2.16 bits per heavy atom. The summed E-state index contributed by atoms with van der Waals surface area (Å²) in [5.74, 6) is 0.636. The lowest BCUT2D eigenvalue weighted by Gasteiger charge is -2.14. The van der Waals surface area contributed by atoms with E-state index < -0.39 is 0 Å². The average Bonchev–Trinajstić information content (AvgIpc) is 3.16. The Morgan fingerprint density at radius 1 is 1.24 bits per heavy atom. The molecule has 1 aliphatic heterocycles. The van der Waals surface area contributed by atoms with Gasteiger partial charge in [-0.2, -0.15) is 0 Å². The van der Waals surface area contributed by atoms with Gasteiger partial charge in [0, 0.05) is 30.6 Å². The SMILES string of the molecule is O=C(c1nc(-c2cccs2)cs1)N1CCC(n2cc(C3CC3)nn2)C1. The third-order valence-corrected chi connectivity index (χ3v) is 6.53. The van der Waals surface area contributed by atoms with Crippen molar-refractivity contribution in [2.45, 2.75) is 31.2 Å². The molecule has 3 aromatic rings. The minimum atomic E-state index is 0.0258. The highest BCUT2D eigenvalue weighted by Gasteiger charge is 2.32. The summed E-state index contributed by atoms with van der Waals surface area (Å²) in [6.45, 7) is 1.43. The maximum Gasteiger partial charge on any atom is 0.282 e. The van der Waals surface area contributed by atoms with E-state index in [1.807, 2.05) is 32.5 Å². The molecule has 8 heteroatoms. The van der Waals surface area contributed by atoms with Gasteiger partial charge in [-0.05, 0) is 30.7 Å². The Balaban J connectivity index is 1.28. The van der Waals surface area contributed by atoms with Crippen LogP contribution in [0.25, 0.3) is 10.6 Å². The predicted octanol–water partition coefficient (Wildman–Crippen LogP) is 3.43. The van der Waals surface area contributed by atoms with Crippen molar-refractivity contribution in [1.29, 1.82) is 0 Å². The summed E-state index contributed by atoms with van der Waals surface area (Å²) in [5.41, 5.74) is 2.00. The van der Waals surface area contributed by atoms with Gasteiger partial charge in [0.05, 0.1) is 22.3 Å². The number of rotatable bonds is 4. The number of hydrogen-bond acceptors (Lipinski definition) is 6. The van der Waals surface area contributed by atoms with E-state index in [-0.39, 0.29) is 11.9 Å². The largest absolute Gasteiger partial charge is 0.334 e. The molecule has 0 N–H and O–H groups in total. The first-order valence-electron chi connectivity index (χ1n) is 8.48. The zero-order valence-corrected chi connectivity index (χ0v) is 15.2. The number of nitrogens with zero attached hydrogens (tertiary/aromatic N) is 5. The van der Waals surface area contributed by atoms with Gasteiger partial charge in [-0.25, -0.2) is 9.67 Å². The van der Waals surface area contributed by atoms with Gasteiger partial charge in [0.1, 0.15) is 0 Å². The van der Waals surface area contributed by atoms with Crippen LogP contribution in [0.1, 0.15) is 46.7 Å². The van der Waals surface area contributed by atoms with E-state index in [9.17, 15) is 4.79 Å². The molecule has 1 amide bonds. The highest BCUT2D eigenvalue weighted by Crippen LogP contribution is 2.39. The lowest BCUT2D eigenvalue weighted by molar-refractivity contribution is 0.0786. The van der Waals surface area contributed by atoms with Crippen LogP contribution in [0, 0.1) is 0 Å². The van der Waals surface area contributed by atoms with Crippen LogP contribution in [-0.4, -0.2) is 43.9 Å². The minimum Gasteiger partial charge on any atom is -0.334 e. The van der Waals surface area contributed by atoms with Crippen molar-refractivity contribution in [3.8, 4) is 10.6 Å². The number of thiophene rings is 1. The monoisotopic (exact) mass is 371 g/mol. The smallest absolute Gasteiger partial charge is 0.282 e. The molecule has 3 aromatic heterocycles.